The zero-order valence-electron chi connectivity index (χ0n) is 12.5. The molecule has 3 atom stereocenters. The molecular formula is C16H20N2O4. The van der Waals surface area contributed by atoms with Gasteiger partial charge in [-0.25, -0.2) is 4.79 Å². The van der Waals surface area contributed by atoms with Gasteiger partial charge < -0.3 is 9.84 Å². The first-order valence-corrected chi connectivity index (χ1v) is 7.74. The Morgan fingerprint density at radius 2 is 2.23 bits per heavy atom. The molecule has 2 fully saturated rings. The summed E-state index contributed by atoms with van der Waals surface area (Å²) in [6.07, 6.45) is 4.42. The molecule has 0 radical (unpaired) electrons. The third-order valence-corrected chi connectivity index (χ3v) is 4.37. The van der Waals surface area contributed by atoms with Crippen molar-refractivity contribution in [3.63, 3.8) is 0 Å². The van der Waals surface area contributed by atoms with E-state index in [9.17, 15) is 14.7 Å². The van der Waals surface area contributed by atoms with Gasteiger partial charge in [0.15, 0.2) is 0 Å². The molecule has 22 heavy (non-hydrogen) atoms. The molecule has 2 N–H and O–H groups in total. The molecule has 0 spiro atoms. The third-order valence-electron chi connectivity index (χ3n) is 4.37. The number of aromatic nitrogens is 2. The topological polar surface area (TPSA) is 84.3 Å². The fourth-order valence-electron chi connectivity index (χ4n) is 3.09. The first kappa shape index (κ1) is 15.1. The lowest BCUT2D eigenvalue weighted by Gasteiger charge is -2.15. The molecule has 1 unspecified atom stereocenters. The van der Waals surface area contributed by atoms with E-state index in [4.69, 9.17) is 4.74 Å². The van der Waals surface area contributed by atoms with Crippen LogP contribution in [-0.4, -0.2) is 27.4 Å². The number of nitrogens with one attached hydrogen (secondary N) is 1. The summed E-state index contributed by atoms with van der Waals surface area (Å²) in [6, 6.07) is 0. The summed E-state index contributed by atoms with van der Waals surface area (Å²) >= 11 is 0. The van der Waals surface area contributed by atoms with E-state index in [0.717, 1.165) is 12.8 Å². The predicted molar refractivity (Wildman–Crippen MR) is 80.3 cm³/mol. The molecule has 1 aliphatic carbocycles. The molecule has 2 aliphatic rings. The highest BCUT2D eigenvalue weighted by Crippen LogP contribution is 2.47. The number of hydrogen-bond acceptors (Lipinski definition) is 4. The van der Waals surface area contributed by atoms with Crippen LogP contribution in [0, 0.1) is 23.7 Å². The monoisotopic (exact) mass is 304 g/mol. The van der Waals surface area contributed by atoms with E-state index in [1.807, 2.05) is 6.92 Å². The molecule has 1 saturated carbocycles. The molecule has 1 aromatic rings. The Kier molecular flexibility index (Phi) is 4.19. The molecule has 1 saturated heterocycles. The molecule has 0 bridgehead atoms. The van der Waals surface area contributed by atoms with Gasteiger partial charge in [-0.15, -0.1) is 0 Å². The van der Waals surface area contributed by atoms with Crippen molar-refractivity contribution in [2.75, 3.05) is 6.61 Å². The van der Waals surface area contributed by atoms with Crippen molar-refractivity contribution in [3.8, 4) is 11.8 Å². The van der Waals surface area contributed by atoms with Gasteiger partial charge in [0.2, 0.25) is 0 Å². The van der Waals surface area contributed by atoms with Crippen molar-refractivity contribution in [1.29, 1.82) is 0 Å². The van der Waals surface area contributed by atoms with Crippen LogP contribution in [0.15, 0.2) is 15.8 Å². The van der Waals surface area contributed by atoms with Gasteiger partial charge in [-0.2, -0.15) is 0 Å². The lowest BCUT2D eigenvalue weighted by atomic mass is 9.96. The number of hydrogen-bond donors (Lipinski definition) is 2. The number of ether oxygens (including phenoxy) is 1. The van der Waals surface area contributed by atoms with Gasteiger partial charge in [0.25, 0.3) is 5.56 Å². The third kappa shape index (κ3) is 2.87. The van der Waals surface area contributed by atoms with Crippen molar-refractivity contribution in [1.82, 2.24) is 9.55 Å². The Labute approximate surface area is 128 Å². The Morgan fingerprint density at radius 3 is 2.86 bits per heavy atom. The lowest BCUT2D eigenvalue weighted by molar-refractivity contribution is -0.0342. The Balaban J connectivity index is 1.91. The van der Waals surface area contributed by atoms with Gasteiger partial charge in [-0.05, 0) is 31.1 Å². The molecule has 0 amide bonds. The fraction of sp³-hybridized carbons (Fsp3) is 0.625. The second-order valence-corrected chi connectivity index (χ2v) is 5.91. The minimum atomic E-state index is -0.495. The second-order valence-electron chi connectivity index (χ2n) is 5.91. The highest BCUT2D eigenvalue weighted by molar-refractivity contribution is 5.29. The standard InChI is InChI=1S/C16H20N2O4/c1-2-3-4-11-8-18(16(21)17-15(11)20)14-7-12(10-5-6-10)13(9-19)22-14/h8,10,12-14,19H,2,5-7,9H2,1H3,(H,17,20,21)/t12-,13+,14?/m0/s1. The Morgan fingerprint density at radius 1 is 1.45 bits per heavy atom. The Hall–Kier alpha value is -1.84. The van der Waals surface area contributed by atoms with Gasteiger partial charge in [0.05, 0.1) is 12.7 Å². The number of H-pyrrole nitrogens is 1. The molecule has 2 heterocycles. The first-order valence-electron chi connectivity index (χ1n) is 7.74. The molecular weight excluding hydrogens is 284 g/mol. The quantitative estimate of drug-likeness (QED) is 0.801. The van der Waals surface area contributed by atoms with Crippen LogP contribution in [0.3, 0.4) is 0 Å². The average molecular weight is 304 g/mol. The minimum Gasteiger partial charge on any atom is -0.394 e. The number of nitrogens with zero attached hydrogens (tertiary/aromatic N) is 1. The normalized spacial score (nSPS) is 27.5. The molecule has 3 rings (SSSR count). The van der Waals surface area contributed by atoms with Crippen LogP contribution in [0.1, 0.15) is 44.4 Å². The fourth-order valence-corrected chi connectivity index (χ4v) is 3.09. The summed E-state index contributed by atoms with van der Waals surface area (Å²) in [5.74, 6) is 6.46. The number of aromatic amines is 1. The average Bonchev–Trinajstić information content (AvgIpc) is 3.26. The summed E-state index contributed by atoms with van der Waals surface area (Å²) in [5, 5.41) is 9.47. The zero-order valence-corrected chi connectivity index (χ0v) is 12.5. The molecule has 118 valence electrons. The predicted octanol–water partition coefficient (Wildman–Crippen LogP) is 0.604. The number of rotatable bonds is 3. The highest BCUT2D eigenvalue weighted by atomic mass is 16.5. The van der Waals surface area contributed by atoms with Gasteiger partial charge in [0.1, 0.15) is 11.8 Å². The number of aliphatic hydroxyl groups is 1. The van der Waals surface area contributed by atoms with Gasteiger partial charge >= 0.3 is 5.69 Å². The zero-order chi connectivity index (χ0) is 15.7. The summed E-state index contributed by atoms with van der Waals surface area (Å²) in [7, 11) is 0. The largest absolute Gasteiger partial charge is 0.394 e. The van der Waals surface area contributed by atoms with Crippen LogP contribution >= 0.6 is 0 Å². The Bertz CT molecular complexity index is 720. The van der Waals surface area contributed by atoms with Crippen LogP contribution in [0.2, 0.25) is 0 Å². The van der Waals surface area contributed by atoms with Crippen LogP contribution in [0.25, 0.3) is 0 Å². The summed E-state index contributed by atoms with van der Waals surface area (Å²) < 4.78 is 7.23. The van der Waals surface area contributed by atoms with Gasteiger partial charge in [0, 0.05) is 12.6 Å². The molecule has 6 heteroatoms. The minimum absolute atomic E-state index is 0.0434. The van der Waals surface area contributed by atoms with E-state index in [1.165, 1.54) is 10.8 Å². The number of aliphatic hydroxyl groups excluding tert-OH is 1. The molecule has 0 aromatic carbocycles. The van der Waals surface area contributed by atoms with E-state index in [1.54, 1.807) is 0 Å². The highest BCUT2D eigenvalue weighted by Gasteiger charge is 2.44. The van der Waals surface area contributed by atoms with Crippen LogP contribution in [-0.2, 0) is 4.74 Å². The van der Waals surface area contributed by atoms with E-state index < -0.39 is 17.5 Å². The van der Waals surface area contributed by atoms with Gasteiger partial charge in [-0.3, -0.25) is 14.3 Å². The smallest absolute Gasteiger partial charge is 0.330 e. The van der Waals surface area contributed by atoms with Crippen molar-refractivity contribution in [3.05, 3.63) is 32.6 Å². The van der Waals surface area contributed by atoms with Crippen molar-refractivity contribution >= 4 is 0 Å². The van der Waals surface area contributed by atoms with Crippen molar-refractivity contribution < 1.29 is 9.84 Å². The van der Waals surface area contributed by atoms with Crippen molar-refractivity contribution in [2.24, 2.45) is 11.8 Å². The maximum Gasteiger partial charge on any atom is 0.330 e. The second kappa shape index (κ2) is 6.11. The van der Waals surface area contributed by atoms with E-state index in [0.29, 0.717) is 18.8 Å². The molecule has 1 aromatic heterocycles. The maximum atomic E-state index is 12.1. The summed E-state index contributed by atoms with van der Waals surface area (Å²) in [6.45, 7) is 1.85. The molecule has 1 aliphatic heterocycles. The lowest BCUT2D eigenvalue weighted by Crippen LogP contribution is -2.33. The van der Waals surface area contributed by atoms with Crippen LogP contribution in [0.4, 0.5) is 0 Å². The van der Waals surface area contributed by atoms with Crippen LogP contribution in [0.5, 0.6) is 0 Å². The van der Waals surface area contributed by atoms with E-state index in [-0.39, 0.29) is 24.2 Å². The summed E-state index contributed by atoms with van der Waals surface area (Å²) in [4.78, 5) is 26.1. The molecule has 6 nitrogen and oxygen atoms in total. The van der Waals surface area contributed by atoms with Crippen LogP contribution < -0.4 is 11.2 Å². The van der Waals surface area contributed by atoms with Gasteiger partial charge in [-0.1, -0.05) is 18.8 Å². The van der Waals surface area contributed by atoms with E-state index in [2.05, 4.69) is 16.8 Å². The van der Waals surface area contributed by atoms with E-state index >= 15 is 0 Å². The maximum absolute atomic E-state index is 12.1. The first-order chi connectivity index (χ1) is 10.6. The summed E-state index contributed by atoms with van der Waals surface area (Å²) in [5.41, 5.74) is -0.705. The SMILES string of the molecule is CCC#Cc1cn(C2C[C@@H](C3CC3)[C@@H](CO)O2)c(=O)[nH]c1=O. The van der Waals surface area contributed by atoms with Crippen molar-refractivity contribution in [2.45, 2.75) is 44.9 Å².